The van der Waals surface area contributed by atoms with E-state index in [4.69, 9.17) is 0 Å². The van der Waals surface area contributed by atoms with E-state index in [9.17, 15) is 0 Å². The topological polar surface area (TPSA) is 0 Å². The maximum absolute atomic E-state index is 2.32. The van der Waals surface area contributed by atoms with E-state index in [0.29, 0.717) is 0 Å². The van der Waals surface area contributed by atoms with Crippen molar-refractivity contribution in [2.24, 2.45) is 0 Å². The molecule has 0 heterocycles. The summed E-state index contributed by atoms with van der Waals surface area (Å²) in [5, 5.41) is 0. The van der Waals surface area contributed by atoms with Gasteiger partial charge in [0.25, 0.3) is 0 Å². The minimum atomic E-state index is 0.268. The van der Waals surface area contributed by atoms with Crippen molar-refractivity contribution in [3.8, 4) is 66.8 Å². The maximum Gasteiger partial charge on any atom is 0.0352 e. The summed E-state index contributed by atoms with van der Waals surface area (Å²) < 4.78 is 0. The Hall–Kier alpha value is -6.24. The van der Waals surface area contributed by atoms with Crippen LogP contribution in [0.3, 0.4) is 0 Å². The van der Waals surface area contributed by atoms with Gasteiger partial charge in [-0.25, -0.2) is 0 Å². The van der Waals surface area contributed by atoms with Crippen LogP contribution in [0.15, 0.2) is 200 Å². The third kappa shape index (κ3) is 5.48. The van der Waals surface area contributed by atoms with Gasteiger partial charge >= 0.3 is 0 Å². The van der Waals surface area contributed by atoms with Crippen LogP contribution in [0.2, 0.25) is 0 Å². The van der Waals surface area contributed by atoms with Crippen molar-refractivity contribution in [3.63, 3.8) is 0 Å². The highest BCUT2D eigenvalue weighted by Gasteiger charge is 2.29. The molecule has 0 aliphatic heterocycles. The normalized spacial score (nSPS) is 12.0. The number of hydrogen-bond acceptors (Lipinski definition) is 0. The fraction of sp³-hybridized carbons (Fsp3) is 0.0204. The molecule has 1 aliphatic rings. The Bertz CT molecular complexity index is 2340. The molecule has 0 nitrogen and oxygen atoms in total. The minimum absolute atomic E-state index is 0.268. The van der Waals surface area contributed by atoms with E-state index in [2.05, 4.69) is 200 Å². The van der Waals surface area contributed by atoms with Crippen LogP contribution in [0.4, 0.5) is 0 Å². The molecule has 0 amide bonds. The number of fused-ring (bicyclic) bond motifs is 3. The van der Waals surface area contributed by atoms with Crippen molar-refractivity contribution in [3.05, 3.63) is 217 Å². The zero-order valence-electron chi connectivity index (χ0n) is 27.1. The van der Waals surface area contributed by atoms with Gasteiger partial charge in [0.1, 0.15) is 0 Å². The molecule has 0 spiro atoms. The van der Waals surface area contributed by atoms with Crippen LogP contribution in [0.1, 0.15) is 22.6 Å². The molecule has 0 fully saturated rings. The molecule has 49 heavy (non-hydrogen) atoms. The molecule has 8 aromatic rings. The second-order valence-electron chi connectivity index (χ2n) is 12.9. The summed E-state index contributed by atoms with van der Waals surface area (Å²) >= 11 is 0. The predicted octanol–water partition coefficient (Wildman–Crippen LogP) is 13.2. The van der Waals surface area contributed by atoms with E-state index in [1.165, 1.54) is 83.5 Å². The highest BCUT2D eigenvalue weighted by Crippen LogP contribution is 2.48. The fourth-order valence-corrected chi connectivity index (χ4v) is 7.48. The first-order valence-corrected chi connectivity index (χ1v) is 17.0. The van der Waals surface area contributed by atoms with Crippen molar-refractivity contribution in [2.75, 3.05) is 0 Å². The first-order chi connectivity index (χ1) is 24.3. The third-order valence-corrected chi connectivity index (χ3v) is 9.99. The van der Waals surface area contributed by atoms with Crippen LogP contribution in [-0.2, 0) is 0 Å². The van der Waals surface area contributed by atoms with E-state index < -0.39 is 0 Å². The average molecular weight is 623 g/mol. The first-order valence-electron chi connectivity index (χ1n) is 17.0. The second-order valence-corrected chi connectivity index (χ2v) is 12.9. The Morgan fingerprint density at radius 2 is 0.510 bits per heavy atom. The second kappa shape index (κ2) is 12.4. The van der Waals surface area contributed by atoms with Crippen molar-refractivity contribution >= 4 is 0 Å². The van der Waals surface area contributed by atoms with Crippen molar-refractivity contribution in [1.29, 1.82) is 0 Å². The molecule has 0 N–H and O–H groups in total. The fourth-order valence-electron chi connectivity index (χ4n) is 7.48. The summed E-state index contributed by atoms with van der Waals surface area (Å²) in [6.45, 7) is 0. The number of benzene rings is 8. The minimum Gasteiger partial charge on any atom is -0.0622 e. The lowest BCUT2D eigenvalue weighted by molar-refractivity contribution is 1.02. The van der Waals surface area contributed by atoms with Gasteiger partial charge in [-0.1, -0.05) is 182 Å². The molecular formula is C49H34. The summed E-state index contributed by atoms with van der Waals surface area (Å²) in [5.74, 6) is 0.268. The molecule has 0 saturated carbocycles. The van der Waals surface area contributed by atoms with Crippen molar-refractivity contribution < 1.29 is 0 Å². The highest BCUT2D eigenvalue weighted by molar-refractivity contribution is 5.83. The maximum atomic E-state index is 2.32. The van der Waals surface area contributed by atoms with Crippen LogP contribution in [0, 0.1) is 0 Å². The number of hydrogen-bond donors (Lipinski definition) is 0. The zero-order valence-corrected chi connectivity index (χ0v) is 27.1. The Balaban J connectivity index is 1.03. The highest BCUT2D eigenvalue weighted by atomic mass is 14.3. The van der Waals surface area contributed by atoms with E-state index in [1.54, 1.807) is 0 Å². The molecule has 0 bridgehead atoms. The van der Waals surface area contributed by atoms with Gasteiger partial charge in [0.15, 0.2) is 0 Å². The van der Waals surface area contributed by atoms with Crippen LogP contribution in [-0.4, -0.2) is 0 Å². The Morgan fingerprint density at radius 3 is 0.918 bits per heavy atom. The van der Waals surface area contributed by atoms with Gasteiger partial charge in [0, 0.05) is 5.92 Å². The monoisotopic (exact) mass is 622 g/mol. The van der Waals surface area contributed by atoms with E-state index in [-0.39, 0.29) is 5.92 Å². The van der Waals surface area contributed by atoms with Gasteiger partial charge in [-0.2, -0.15) is 0 Å². The summed E-state index contributed by atoms with van der Waals surface area (Å²) in [6.07, 6.45) is 0. The summed E-state index contributed by atoms with van der Waals surface area (Å²) in [7, 11) is 0. The lowest BCUT2D eigenvalue weighted by Crippen LogP contribution is -1.98. The first kappa shape index (κ1) is 28.9. The third-order valence-electron chi connectivity index (χ3n) is 9.99. The largest absolute Gasteiger partial charge is 0.0622 e. The molecular weight excluding hydrogens is 589 g/mol. The molecule has 0 radical (unpaired) electrons. The molecule has 8 aromatic carbocycles. The van der Waals surface area contributed by atoms with Crippen molar-refractivity contribution in [2.45, 2.75) is 5.92 Å². The van der Waals surface area contributed by atoms with Gasteiger partial charge in [0.05, 0.1) is 0 Å². The van der Waals surface area contributed by atoms with Crippen LogP contribution in [0.5, 0.6) is 0 Å². The van der Waals surface area contributed by atoms with E-state index in [1.807, 2.05) is 0 Å². The lowest BCUT2D eigenvalue weighted by atomic mass is 9.88. The van der Waals surface area contributed by atoms with Crippen LogP contribution < -0.4 is 0 Å². The quantitative estimate of drug-likeness (QED) is 0.173. The van der Waals surface area contributed by atoms with E-state index in [0.717, 1.165) is 0 Å². The Kier molecular flexibility index (Phi) is 7.33. The van der Waals surface area contributed by atoms with Gasteiger partial charge in [0.2, 0.25) is 0 Å². The molecule has 0 saturated heterocycles. The summed E-state index contributed by atoms with van der Waals surface area (Å²) in [5.41, 5.74) is 19.0. The van der Waals surface area contributed by atoms with Gasteiger partial charge in [-0.3, -0.25) is 0 Å². The lowest BCUT2D eigenvalue weighted by Gasteiger charge is -2.15. The SMILES string of the molecule is c1ccc(-c2ccc(-c3cc(-c4ccccc4)cc(-c4ccc(-c5ccc(C6c7ccccc7-c7ccccc76)cc5)cc4)c3)cc2)cc1. The Morgan fingerprint density at radius 1 is 0.224 bits per heavy atom. The number of rotatable bonds is 6. The van der Waals surface area contributed by atoms with Gasteiger partial charge in [-0.05, 0) is 102 Å². The summed E-state index contributed by atoms with van der Waals surface area (Å²) in [6, 6.07) is 73.0. The smallest absolute Gasteiger partial charge is 0.0352 e. The molecule has 230 valence electrons. The molecule has 9 rings (SSSR count). The van der Waals surface area contributed by atoms with Crippen LogP contribution >= 0.6 is 0 Å². The van der Waals surface area contributed by atoms with E-state index >= 15 is 0 Å². The molecule has 0 atom stereocenters. The Labute approximate surface area is 288 Å². The van der Waals surface area contributed by atoms with Crippen molar-refractivity contribution in [1.82, 2.24) is 0 Å². The molecule has 0 unspecified atom stereocenters. The zero-order chi connectivity index (χ0) is 32.6. The predicted molar refractivity (Wildman–Crippen MR) is 206 cm³/mol. The van der Waals surface area contributed by atoms with Crippen LogP contribution in [0.25, 0.3) is 66.8 Å². The average Bonchev–Trinajstić information content (AvgIpc) is 3.53. The standard InChI is InChI=1S/C49H34/c1-3-11-34(12-4-1)36-19-23-39(24-20-36)43-31-42(35-13-5-2-6-14-35)32-44(33-43)40-25-21-37(22-26-40)38-27-29-41(30-28-38)49-47-17-9-7-15-45(47)46-16-8-10-18-48(46)49/h1-33,49H. The molecule has 1 aliphatic carbocycles. The molecule has 0 heteroatoms. The molecule has 0 aromatic heterocycles. The van der Waals surface area contributed by atoms with Gasteiger partial charge < -0.3 is 0 Å². The van der Waals surface area contributed by atoms with Gasteiger partial charge in [-0.15, -0.1) is 0 Å². The summed E-state index contributed by atoms with van der Waals surface area (Å²) in [4.78, 5) is 0.